The monoisotopic (exact) mass is 600 g/mol. The lowest BCUT2D eigenvalue weighted by Gasteiger charge is -2.18. The molecule has 0 fully saturated rings. The van der Waals surface area contributed by atoms with Crippen LogP contribution in [0, 0.1) is 0 Å². The van der Waals surface area contributed by atoms with Crippen LogP contribution in [0.15, 0.2) is 176 Å². The van der Waals surface area contributed by atoms with E-state index in [2.05, 4.69) is 146 Å². The third-order valence-corrected chi connectivity index (χ3v) is 8.98. The number of nitrogens with two attached hydrogens (primary N) is 1. The van der Waals surface area contributed by atoms with E-state index >= 15 is 0 Å². The second-order valence-electron chi connectivity index (χ2n) is 11.9. The molecule has 0 saturated carbocycles. The summed E-state index contributed by atoms with van der Waals surface area (Å²) in [5.74, 6) is 0. The number of aromatic nitrogens is 1. The number of benzene rings is 7. The second kappa shape index (κ2) is 11.9. The number of anilines is 1. The third-order valence-electron chi connectivity index (χ3n) is 8.98. The van der Waals surface area contributed by atoms with Crippen LogP contribution in [-0.4, -0.2) is 4.98 Å². The molecule has 2 heteroatoms. The van der Waals surface area contributed by atoms with Crippen LogP contribution in [0.1, 0.15) is 16.7 Å². The number of nitrogens with zero attached hydrogens (tertiary/aromatic N) is 1. The number of hydrogen-bond acceptors (Lipinski definition) is 2. The standard InChI is InChI=1S/C45H32N2/c1-30(40-28-34-21-11-12-22-35(34)36-23-13-14-24-37(36)40)27-41(31-15-5-2-6-16-31)38-25-26-39-42(32-17-7-3-8-18-32)29-43(47-45(39)44(38)46)33-19-9-4-10-20-33/h2-29H,1,46H2/b41-27-. The summed E-state index contributed by atoms with van der Waals surface area (Å²) in [6, 6.07) is 57.0. The molecule has 0 spiro atoms. The van der Waals surface area contributed by atoms with E-state index in [4.69, 9.17) is 10.7 Å². The zero-order valence-corrected chi connectivity index (χ0v) is 25.9. The van der Waals surface area contributed by atoms with Crippen molar-refractivity contribution >= 4 is 49.3 Å². The minimum atomic E-state index is 0.642. The maximum Gasteiger partial charge on any atom is 0.0951 e. The molecular weight excluding hydrogens is 569 g/mol. The first-order valence-electron chi connectivity index (χ1n) is 15.9. The number of hydrogen-bond donors (Lipinski definition) is 1. The van der Waals surface area contributed by atoms with Crippen LogP contribution >= 0.6 is 0 Å². The number of rotatable bonds is 6. The zero-order valence-electron chi connectivity index (χ0n) is 25.9. The largest absolute Gasteiger partial charge is 0.396 e. The summed E-state index contributed by atoms with van der Waals surface area (Å²) in [4.78, 5) is 5.21. The van der Waals surface area contributed by atoms with Gasteiger partial charge in [0.25, 0.3) is 0 Å². The van der Waals surface area contributed by atoms with Gasteiger partial charge in [-0.3, -0.25) is 0 Å². The Balaban J connectivity index is 1.36. The highest BCUT2D eigenvalue weighted by Crippen LogP contribution is 2.40. The van der Waals surface area contributed by atoms with Crippen LogP contribution in [0.5, 0.6) is 0 Å². The fourth-order valence-electron chi connectivity index (χ4n) is 6.67. The molecule has 0 atom stereocenters. The van der Waals surface area contributed by atoms with Crippen LogP contribution in [0.2, 0.25) is 0 Å². The van der Waals surface area contributed by atoms with Crippen LogP contribution in [0.4, 0.5) is 5.69 Å². The molecule has 0 aliphatic carbocycles. The van der Waals surface area contributed by atoms with Crippen molar-refractivity contribution in [3.8, 4) is 22.4 Å². The maximum absolute atomic E-state index is 7.20. The molecule has 0 unspecified atom stereocenters. The van der Waals surface area contributed by atoms with Gasteiger partial charge in [0, 0.05) is 16.5 Å². The molecule has 0 aliphatic rings. The first-order chi connectivity index (χ1) is 23.2. The quantitative estimate of drug-likeness (QED) is 0.117. The Bertz CT molecular complexity index is 2460. The van der Waals surface area contributed by atoms with Gasteiger partial charge in [0.1, 0.15) is 0 Å². The Hall–Kier alpha value is -6.25. The lowest BCUT2D eigenvalue weighted by atomic mass is 9.89. The summed E-state index contributed by atoms with van der Waals surface area (Å²) in [5, 5.41) is 5.83. The second-order valence-corrected chi connectivity index (χ2v) is 11.9. The number of pyridine rings is 1. The van der Waals surface area contributed by atoms with Crippen LogP contribution < -0.4 is 5.73 Å². The van der Waals surface area contributed by atoms with Crippen molar-refractivity contribution in [1.29, 1.82) is 0 Å². The van der Waals surface area contributed by atoms with Gasteiger partial charge < -0.3 is 5.73 Å². The molecule has 0 amide bonds. The molecule has 2 nitrogen and oxygen atoms in total. The highest BCUT2D eigenvalue weighted by atomic mass is 14.7. The normalized spacial score (nSPS) is 11.7. The highest BCUT2D eigenvalue weighted by molar-refractivity contribution is 6.13. The van der Waals surface area contributed by atoms with E-state index in [-0.39, 0.29) is 0 Å². The summed E-state index contributed by atoms with van der Waals surface area (Å²) in [5.41, 5.74) is 17.8. The molecule has 47 heavy (non-hydrogen) atoms. The topological polar surface area (TPSA) is 38.9 Å². The van der Waals surface area contributed by atoms with Gasteiger partial charge in [-0.1, -0.05) is 158 Å². The third kappa shape index (κ3) is 5.16. The first kappa shape index (κ1) is 28.2. The Labute approximate surface area is 274 Å². The molecule has 1 aromatic heterocycles. The Morgan fingerprint density at radius 2 is 1.13 bits per heavy atom. The van der Waals surface area contributed by atoms with E-state index in [1.54, 1.807) is 0 Å². The molecule has 0 saturated heterocycles. The minimum absolute atomic E-state index is 0.642. The van der Waals surface area contributed by atoms with E-state index in [1.165, 1.54) is 21.5 Å². The van der Waals surface area contributed by atoms with Gasteiger partial charge >= 0.3 is 0 Å². The Kier molecular flexibility index (Phi) is 7.16. The Morgan fingerprint density at radius 3 is 1.85 bits per heavy atom. The van der Waals surface area contributed by atoms with Gasteiger partial charge in [0.2, 0.25) is 0 Å². The van der Waals surface area contributed by atoms with Crippen molar-refractivity contribution in [2.75, 3.05) is 5.73 Å². The smallest absolute Gasteiger partial charge is 0.0951 e. The molecule has 0 bridgehead atoms. The fraction of sp³-hybridized carbons (Fsp3) is 0. The molecule has 1 heterocycles. The van der Waals surface area contributed by atoms with Gasteiger partial charge in [-0.15, -0.1) is 0 Å². The summed E-state index contributed by atoms with van der Waals surface area (Å²) in [6.45, 7) is 4.64. The van der Waals surface area contributed by atoms with Crippen molar-refractivity contribution in [1.82, 2.24) is 4.98 Å². The highest BCUT2D eigenvalue weighted by Gasteiger charge is 2.18. The minimum Gasteiger partial charge on any atom is -0.396 e. The molecule has 0 radical (unpaired) electrons. The van der Waals surface area contributed by atoms with Gasteiger partial charge in [0.15, 0.2) is 0 Å². The van der Waals surface area contributed by atoms with Crippen molar-refractivity contribution in [2.24, 2.45) is 0 Å². The van der Waals surface area contributed by atoms with Crippen molar-refractivity contribution in [2.45, 2.75) is 0 Å². The lowest BCUT2D eigenvalue weighted by Crippen LogP contribution is -2.00. The predicted octanol–water partition coefficient (Wildman–Crippen LogP) is 11.6. The van der Waals surface area contributed by atoms with Crippen molar-refractivity contribution < 1.29 is 0 Å². The average Bonchev–Trinajstić information content (AvgIpc) is 3.14. The summed E-state index contributed by atoms with van der Waals surface area (Å²) < 4.78 is 0. The van der Waals surface area contributed by atoms with Gasteiger partial charge in [-0.2, -0.15) is 0 Å². The van der Waals surface area contributed by atoms with E-state index < -0.39 is 0 Å². The van der Waals surface area contributed by atoms with Crippen molar-refractivity contribution in [3.05, 3.63) is 193 Å². The van der Waals surface area contributed by atoms with E-state index in [0.717, 1.165) is 61.1 Å². The fourth-order valence-corrected chi connectivity index (χ4v) is 6.67. The van der Waals surface area contributed by atoms with E-state index in [9.17, 15) is 0 Å². The SMILES string of the molecule is C=C(/C=C(/c1ccccc1)c1ccc2c(-c3ccccc3)cc(-c3ccccc3)nc2c1N)c1cc2ccccc2c2ccccc12. The van der Waals surface area contributed by atoms with Crippen LogP contribution in [-0.2, 0) is 0 Å². The van der Waals surface area contributed by atoms with E-state index in [0.29, 0.717) is 5.69 Å². The summed E-state index contributed by atoms with van der Waals surface area (Å²) in [6.07, 6.45) is 2.18. The van der Waals surface area contributed by atoms with Gasteiger partial charge in [-0.25, -0.2) is 4.98 Å². The van der Waals surface area contributed by atoms with Gasteiger partial charge in [0.05, 0.1) is 16.9 Å². The molecule has 222 valence electrons. The molecule has 8 aromatic rings. The molecular formula is C45H32N2. The Morgan fingerprint density at radius 1 is 0.532 bits per heavy atom. The molecule has 7 aromatic carbocycles. The summed E-state index contributed by atoms with van der Waals surface area (Å²) in [7, 11) is 0. The summed E-state index contributed by atoms with van der Waals surface area (Å²) >= 11 is 0. The number of fused-ring (bicyclic) bond motifs is 4. The molecule has 0 aliphatic heterocycles. The van der Waals surface area contributed by atoms with Gasteiger partial charge in [-0.05, 0) is 73.2 Å². The molecule has 2 N–H and O–H groups in total. The first-order valence-corrected chi connectivity index (χ1v) is 15.9. The van der Waals surface area contributed by atoms with Crippen LogP contribution in [0.25, 0.3) is 66.0 Å². The number of nitrogen functional groups attached to an aromatic ring is 1. The number of allylic oxidation sites excluding steroid dienone is 2. The van der Waals surface area contributed by atoms with E-state index in [1.807, 2.05) is 30.3 Å². The average molecular weight is 601 g/mol. The predicted molar refractivity (Wildman–Crippen MR) is 201 cm³/mol. The lowest BCUT2D eigenvalue weighted by molar-refractivity contribution is 1.39. The zero-order chi connectivity index (χ0) is 31.7. The van der Waals surface area contributed by atoms with Crippen LogP contribution in [0.3, 0.4) is 0 Å². The maximum atomic E-state index is 7.20. The molecule has 8 rings (SSSR count). The van der Waals surface area contributed by atoms with Crippen molar-refractivity contribution in [3.63, 3.8) is 0 Å².